The number of fused-ring (bicyclic) bond motifs is 1. The molecule has 0 bridgehead atoms. The summed E-state index contributed by atoms with van der Waals surface area (Å²) in [6.07, 6.45) is 3.59. The molecule has 0 saturated carbocycles. The second kappa shape index (κ2) is 7.54. The number of amides is 1. The second-order valence-electron chi connectivity index (χ2n) is 6.79. The van der Waals surface area contributed by atoms with Crippen molar-refractivity contribution < 1.29 is 13.2 Å². The molecule has 2 N–H and O–H groups in total. The van der Waals surface area contributed by atoms with Crippen LogP contribution in [0, 0.1) is 0 Å². The van der Waals surface area contributed by atoms with Gasteiger partial charge in [0.15, 0.2) is 5.84 Å². The summed E-state index contributed by atoms with van der Waals surface area (Å²) in [5, 5.41) is 6.40. The SMILES string of the molecule is Cl.O=C(N[C@H]1CCCNC1)C1CCCN1C1=NS(=O)(=O)c2ccccc21. The van der Waals surface area contributed by atoms with E-state index in [0.29, 0.717) is 24.4 Å². The molecular weight excluding hydrogens is 376 g/mol. The Morgan fingerprint density at radius 3 is 2.81 bits per heavy atom. The molecule has 4 rings (SSSR count). The maximum atomic E-state index is 12.8. The Kier molecular flexibility index (Phi) is 5.55. The standard InChI is InChI=1S/C17H22N4O3S.ClH/c22-17(19-12-5-3-9-18-11-12)14-7-4-10-21(14)16-13-6-1-2-8-15(13)25(23,24)20-16;/h1-2,6,8,12,14,18H,3-5,7,9-11H2,(H,19,22);1H/t12-,14?;/m0./s1. The lowest BCUT2D eigenvalue weighted by atomic mass is 10.1. The topological polar surface area (TPSA) is 90.9 Å². The van der Waals surface area contributed by atoms with Gasteiger partial charge in [0.05, 0.1) is 0 Å². The van der Waals surface area contributed by atoms with Crippen LogP contribution in [0.15, 0.2) is 33.6 Å². The van der Waals surface area contributed by atoms with E-state index >= 15 is 0 Å². The Morgan fingerprint density at radius 1 is 1.23 bits per heavy atom. The molecular formula is C17H23ClN4O3S. The highest BCUT2D eigenvalue weighted by atomic mass is 35.5. The number of hydrogen-bond donors (Lipinski definition) is 2. The molecule has 0 spiro atoms. The maximum Gasteiger partial charge on any atom is 0.285 e. The molecule has 1 aromatic carbocycles. The van der Waals surface area contributed by atoms with Crippen LogP contribution in [0.2, 0.25) is 0 Å². The Labute approximate surface area is 159 Å². The number of rotatable bonds is 2. The zero-order chi connectivity index (χ0) is 17.4. The van der Waals surface area contributed by atoms with Gasteiger partial charge < -0.3 is 15.5 Å². The summed E-state index contributed by atoms with van der Waals surface area (Å²) in [7, 11) is -3.66. The second-order valence-corrected chi connectivity index (χ2v) is 8.36. The fourth-order valence-corrected chi connectivity index (χ4v) is 5.08. The molecule has 9 heteroatoms. The number of sulfonamides is 1. The average molecular weight is 399 g/mol. The minimum atomic E-state index is -3.66. The highest BCUT2D eigenvalue weighted by Crippen LogP contribution is 2.31. The molecule has 2 atom stereocenters. The van der Waals surface area contributed by atoms with Gasteiger partial charge in [-0.3, -0.25) is 4.79 Å². The number of likely N-dealkylation sites (tertiary alicyclic amines) is 1. The zero-order valence-corrected chi connectivity index (χ0v) is 16.0. The monoisotopic (exact) mass is 398 g/mol. The van der Waals surface area contributed by atoms with E-state index in [9.17, 15) is 13.2 Å². The predicted octanol–water partition coefficient (Wildman–Crippen LogP) is 0.890. The minimum Gasteiger partial charge on any atom is -0.350 e. The van der Waals surface area contributed by atoms with E-state index in [1.807, 2.05) is 4.90 Å². The van der Waals surface area contributed by atoms with Crippen molar-refractivity contribution in [2.24, 2.45) is 4.40 Å². The van der Waals surface area contributed by atoms with E-state index < -0.39 is 10.0 Å². The van der Waals surface area contributed by atoms with Crippen molar-refractivity contribution in [3.63, 3.8) is 0 Å². The van der Waals surface area contributed by atoms with Gasteiger partial charge >= 0.3 is 0 Å². The number of hydrogen-bond acceptors (Lipinski definition) is 5. The van der Waals surface area contributed by atoms with Crippen LogP contribution in [0.4, 0.5) is 0 Å². The number of amidine groups is 1. The summed E-state index contributed by atoms with van der Waals surface area (Å²) in [4.78, 5) is 14.9. The van der Waals surface area contributed by atoms with Crippen molar-refractivity contribution in [2.45, 2.75) is 42.7 Å². The van der Waals surface area contributed by atoms with Crippen LogP contribution < -0.4 is 10.6 Å². The molecule has 3 aliphatic heterocycles. The van der Waals surface area contributed by atoms with E-state index in [-0.39, 0.29) is 35.3 Å². The zero-order valence-electron chi connectivity index (χ0n) is 14.3. The Hall–Kier alpha value is -1.64. The van der Waals surface area contributed by atoms with Gasteiger partial charge in [-0.05, 0) is 44.4 Å². The van der Waals surface area contributed by atoms with E-state index in [1.54, 1.807) is 24.3 Å². The molecule has 0 aromatic heterocycles. The Bertz CT molecular complexity index is 821. The van der Waals surface area contributed by atoms with Gasteiger partial charge in [0.2, 0.25) is 5.91 Å². The van der Waals surface area contributed by atoms with E-state index in [4.69, 9.17) is 0 Å². The van der Waals surface area contributed by atoms with Gasteiger partial charge in [0.1, 0.15) is 10.9 Å². The van der Waals surface area contributed by atoms with Crippen LogP contribution in [0.3, 0.4) is 0 Å². The molecule has 3 heterocycles. The lowest BCUT2D eigenvalue weighted by Crippen LogP contribution is -2.52. The summed E-state index contributed by atoms with van der Waals surface area (Å²) in [5.41, 5.74) is 0.599. The average Bonchev–Trinajstić information content (AvgIpc) is 3.19. The molecule has 1 aromatic rings. The number of carbonyl (C=O) groups excluding carboxylic acids is 1. The molecule has 2 saturated heterocycles. The number of nitrogens with one attached hydrogen (secondary N) is 2. The fraction of sp³-hybridized carbons (Fsp3) is 0.529. The Balaban J connectivity index is 0.00000196. The van der Waals surface area contributed by atoms with Crippen LogP contribution in [-0.2, 0) is 14.8 Å². The summed E-state index contributed by atoms with van der Waals surface area (Å²) >= 11 is 0. The van der Waals surface area contributed by atoms with Crippen molar-refractivity contribution in [3.8, 4) is 0 Å². The van der Waals surface area contributed by atoms with Crippen molar-refractivity contribution in [2.75, 3.05) is 19.6 Å². The molecule has 1 unspecified atom stereocenters. The van der Waals surface area contributed by atoms with Crippen LogP contribution in [0.25, 0.3) is 0 Å². The number of carbonyl (C=O) groups is 1. The molecule has 7 nitrogen and oxygen atoms in total. The first-order chi connectivity index (χ1) is 12.1. The first-order valence-electron chi connectivity index (χ1n) is 8.78. The van der Waals surface area contributed by atoms with Crippen LogP contribution in [0.1, 0.15) is 31.2 Å². The van der Waals surface area contributed by atoms with Gasteiger partial charge in [-0.1, -0.05) is 12.1 Å². The highest BCUT2D eigenvalue weighted by Gasteiger charge is 2.39. The number of piperidine rings is 1. The van der Waals surface area contributed by atoms with Gasteiger partial charge in [-0.15, -0.1) is 16.8 Å². The summed E-state index contributed by atoms with van der Waals surface area (Å²) < 4.78 is 28.6. The number of benzene rings is 1. The summed E-state index contributed by atoms with van der Waals surface area (Å²) in [6.45, 7) is 2.42. The fourth-order valence-electron chi connectivity index (χ4n) is 3.86. The summed E-state index contributed by atoms with van der Waals surface area (Å²) in [5.74, 6) is 0.380. The smallest absolute Gasteiger partial charge is 0.285 e. The lowest BCUT2D eigenvalue weighted by molar-refractivity contribution is -0.125. The summed E-state index contributed by atoms with van der Waals surface area (Å²) in [6, 6.07) is 6.61. The quantitative estimate of drug-likeness (QED) is 0.772. The van der Waals surface area contributed by atoms with E-state index in [2.05, 4.69) is 15.0 Å². The maximum absolute atomic E-state index is 12.8. The number of nitrogens with zero attached hydrogens (tertiary/aromatic N) is 2. The van der Waals surface area contributed by atoms with Crippen LogP contribution >= 0.6 is 12.4 Å². The third kappa shape index (κ3) is 3.45. The minimum absolute atomic E-state index is 0. The molecule has 0 radical (unpaired) electrons. The van der Waals surface area contributed by atoms with Crippen molar-refractivity contribution in [3.05, 3.63) is 29.8 Å². The first-order valence-corrected chi connectivity index (χ1v) is 10.2. The predicted molar refractivity (Wildman–Crippen MR) is 101 cm³/mol. The molecule has 1 amide bonds. The Morgan fingerprint density at radius 2 is 2.04 bits per heavy atom. The van der Waals surface area contributed by atoms with Gasteiger partial charge in [-0.25, -0.2) is 0 Å². The van der Waals surface area contributed by atoms with Crippen molar-refractivity contribution in [1.82, 2.24) is 15.5 Å². The third-order valence-corrected chi connectivity index (χ3v) is 6.41. The normalized spacial score (nSPS) is 26.6. The lowest BCUT2D eigenvalue weighted by Gasteiger charge is -2.29. The van der Waals surface area contributed by atoms with E-state index in [0.717, 1.165) is 32.4 Å². The van der Waals surface area contributed by atoms with E-state index in [1.165, 1.54) is 0 Å². The highest BCUT2D eigenvalue weighted by molar-refractivity contribution is 7.90. The molecule has 26 heavy (non-hydrogen) atoms. The first kappa shape index (κ1) is 19.1. The number of halogens is 1. The third-order valence-electron chi connectivity index (χ3n) is 5.08. The van der Waals surface area contributed by atoms with Gasteiger partial charge in [-0.2, -0.15) is 8.42 Å². The molecule has 3 aliphatic rings. The van der Waals surface area contributed by atoms with Crippen molar-refractivity contribution in [1.29, 1.82) is 0 Å². The van der Waals surface area contributed by atoms with Crippen LogP contribution in [-0.4, -0.2) is 56.8 Å². The molecule has 142 valence electrons. The van der Waals surface area contributed by atoms with Gasteiger partial charge in [0.25, 0.3) is 10.0 Å². The largest absolute Gasteiger partial charge is 0.350 e. The molecule has 2 fully saturated rings. The van der Waals surface area contributed by atoms with Gasteiger partial charge in [0, 0.05) is 24.7 Å². The van der Waals surface area contributed by atoms with Crippen molar-refractivity contribution >= 4 is 34.2 Å². The van der Waals surface area contributed by atoms with Crippen LogP contribution in [0.5, 0.6) is 0 Å². The molecule has 0 aliphatic carbocycles.